The van der Waals surface area contributed by atoms with Crippen LogP contribution in [0.25, 0.3) is 0 Å². The fourth-order valence-electron chi connectivity index (χ4n) is 1.24. The van der Waals surface area contributed by atoms with Crippen LogP contribution in [0.15, 0.2) is 12.3 Å². The van der Waals surface area contributed by atoms with Crippen molar-refractivity contribution in [3.63, 3.8) is 0 Å². The minimum atomic E-state index is -0.217. The lowest BCUT2D eigenvalue weighted by Gasteiger charge is -2.18. The normalized spacial score (nSPS) is 14.4. The Labute approximate surface area is 89.4 Å². The molecular weight excluding hydrogens is 194 g/mol. The van der Waals surface area contributed by atoms with E-state index in [4.69, 9.17) is 0 Å². The summed E-state index contributed by atoms with van der Waals surface area (Å²) in [5, 5.41) is 7.32. The van der Waals surface area contributed by atoms with Crippen molar-refractivity contribution in [3.8, 4) is 0 Å². The van der Waals surface area contributed by atoms with E-state index < -0.39 is 0 Å². The second-order valence-corrected chi connectivity index (χ2v) is 3.62. The van der Waals surface area contributed by atoms with Gasteiger partial charge in [0.1, 0.15) is 5.82 Å². The first-order valence-electron chi connectivity index (χ1n) is 4.88. The van der Waals surface area contributed by atoms with Gasteiger partial charge in [-0.15, -0.1) is 0 Å². The van der Waals surface area contributed by atoms with E-state index in [1.165, 1.54) is 7.11 Å². The average molecular weight is 211 g/mol. The number of rotatable bonds is 4. The van der Waals surface area contributed by atoms with E-state index >= 15 is 0 Å². The molecule has 0 saturated heterocycles. The molecule has 0 saturated carbocycles. The number of hydrogen-bond donors (Lipinski definition) is 1. The third kappa shape index (κ3) is 2.97. The third-order valence-electron chi connectivity index (χ3n) is 2.41. The summed E-state index contributed by atoms with van der Waals surface area (Å²) in [4.78, 5) is 11.3. The molecule has 2 atom stereocenters. The summed E-state index contributed by atoms with van der Waals surface area (Å²) in [6, 6.07) is 1.85. The summed E-state index contributed by atoms with van der Waals surface area (Å²) < 4.78 is 6.38. The van der Waals surface area contributed by atoms with Crippen molar-refractivity contribution in [2.24, 2.45) is 13.0 Å². The molecule has 0 aliphatic carbocycles. The minimum Gasteiger partial charge on any atom is -0.469 e. The van der Waals surface area contributed by atoms with Gasteiger partial charge in [-0.2, -0.15) is 5.10 Å². The van der Waals surface area contributed by atoms with Crippen molar-refractivity contribution in [1.82, 2.24) is 9.78 Å². The van der Waals surface area contributed by atoms with E-state index in [1.807, 2.05) is 33.2 Å². The standard InChI is InChI=1S/C10H17N3O2/c1-7(10(14)15-4)8(2)11-9-5-6-13(3)12-9/h5-8H,1-4H3,(H,11,12). The highest BCUT2D eigenvalue weighted by atomic mass is 16.5. The number of esters is 1. The fraction of sp³-hybridized carbons (Fsp3) is 0.600. The van der Waals surface area contributed by atoms with Crippen LogP contribution in [0.3, 0.4) is 0 Å². The molecule has 0 aromatic carbocycles. The molecule has 0 bridgehead atoms. The molecule has 5 heteroatoms. The lowest BCUT2D eigenvalue weighted by atomic mass is 10.0. The number of nitrogens with zero attached hydrogens (tertiary/aromatic N) is 2. The zero-order chi connectivity index (χ0) is 11.4. The number of hydrogen-bond acceptors (Lipinski definition) is 4. The van der Waals surface area contributed by atoms with Crippen molar-refractivity contribution >= 4 is 11.8 Å². The Balaban J connectivity index is 2.55. The maximum atomic E-state index is 11.3. The maximum absolute atomic E-state index is 11.3. The second-order valence-electron chi connectivity index (χ2n) is 3.62. The Morgan fingerprint density at radius 2 is 2.27 bits per heavy atom. The van der Waals surface area contributed by atoms with Gasteiger partial charge in [0.2, 0.25) is 0 Å². The molecule has 1 aromatic rings. The fourth-order valence-corrected chi connectivity index (χ4v) is 1.24. The second kappa shape index (κ2) is 4.82. The number of methoxy groups -OCH3 is 1. The average Bonchev–Trinajstić information content (AvgIpc) is 2.61. The zero-order valence-corrected chi connectivity index (χ0v) is 9.52. The molecule has 0 radical (unpaired) electrons. The van der Waals surface area contributed by atoms with E-state index in [-0.39, 0.29) is 17.9 Å². The van der Waals surface area contributed by atoms with Crippen LogP contribution in [-0.4, -0.2) is 28.9 Å². The molecule has 1 aromatic heterocycles. The molecule has 0 fully saturated rings. The molecule has 5 nitrogen and oxygen atoms in total. The summed E-state index contributed by atoms with van der Waals surface area (Å²) in [7, 11) is 3.24. The van der Waals surface area contributed by atoms with Crippen LogP contribution in [0.5, 0.6) is 0 Å². The van der Waals surface area contributed by atoms with Crippen LogP contribution in [0, 0.1) is 5.92 Å². The molecule has 0 aliphatic heterocycles. The zero-order valence-electron chi connectivity index (χ0n) is 9.52. The summed E-state index contributed by atoms with van der Waals surface area (Å²) in [6.07, 6.45) is 1.85. The summed E-state index contributed by atoms with van der Waals surface area (Å²) in [5.41, 5.74) is 0. The van der Waals surface area contributed by atoms with Crippen molar-refractivity contribution in [1.29, 1.82) is 0 Å². The Morgan fingerprint density at radius 1 is 1.60 bits per heavy atom. The highest BCUT2D eigenvalue weighted by molar-refractivity contribution is 5.73. The smallest absolute Gasteiger partial charge is 0.310 e. The van der Waals surface area contributed by atoms with Crippen molar-refractivity contribution in [3.05, 3.63) is 12.3 Å². The first kappa shape index (κ1) is 11.6. The number of carbonyl (C=O) groups is 1. The quantitative estimate of drug-likeness (QED) is 0.756. The number of anilines is 1. The number of nitrogens with one attached hydrogen (secondary N) is 1. The van der Waals surface area contributed by atoms with Crippen LogP contribution in [0.4, 0.5) is 5.82 Å². The van der Waals surface area contributed by atoms with Gasteiger partial charge in [-0.1, -0.05) is 0 Å². The SMILES string of the molecule is COC(=O)C(C)C(C)Nc1ccn(C)n1. The number of ether oxygens (including phenoxy) is 1. The van der Waals surface area contributed by atoms with Gasteiger partial charge in [0.15, 0.2) is 0 Å². The first-order valence-corrected chi connectivity index (χ1v) is 4.88. The molecule has 1 rings (SSSR count). The largest absolute Gasteiger partial charge is 0.469 e. The third-order valence-corrected chi connectivity index (χ3v) is 2.41. The molecular formula is C10H17N3O2. The van der Waals surface area contributed by atoms with E-state index in [0.29, 0.717) is 0 Å². The molecule has 0 amide bonds. The number of aromatic nitrogens is 2. The van der Waals surface area contributed by atoms with Gasteiger partial charge in [0.25, 0.3) is 0 Å². The Kier molecular flexibility index (Phi) is 3.71. The van der Waals surface area contributed by atoms with Gasteiger partial charge < -0.3 is 10.1 Å². The van der Waals surface area contributed by atoms with E-state index in [1.54, 1.807) is 4.68 Å². The summed E-state index contributed by atoms with van der Waals surface area (Å²) in [5.74, 6) is 0.351. The first-order chi connectivity index (χ1) is 7.04. The van der Waals surface area contributed by atoms with E-state index in [9.17, 15) is 4.79 Å². The Hall–Kier alpha value is -1.52. The topological polar surface area (TPSA) is 56.1 Å². The summed E-state index contributed by atoms with van der Waals surface area (Å²) in [6.45, 7) is 3.75. The highest BCUT2D eigenvalue weighted by Gasteiger charge is 2.20. The predicted octanol–water partition coefficient (Wildman–Crippen LogP) is 1.03. The maximum Gasteiger partial charge on any atom is 0.310 e. The van der Waals surface area contributed by atoms with Gasteiger partial charge >= 0.3 is 5.97 Å². The molecule has 2 unspecified atom stereocenters. The van der Waals surface area contributed by atoms with E-state index in [2.05, 4.69) is 15.2 Å². The Bertz CT molecular complexity index is 335. The molecule has 0 spiro atoms. The van der Waals surface area contributed by atoms with Crippen molar-refractivity contribution < 1.29 is 9.53 Å². The van der Waals surface area contributed by atoms with Crippen LogP contribution >= 0.6 is 0 Å². The lowest BCUT2D eigenvalue weighted by Crippen LogP contribution is -2.30. The number of aryl methyl sites for hydroxylation is 1. The lowest BCUT2D eigenvalue weighted by molar-refractivity contribution is -0.145. The Morgan fingerprint density at radius 3 is 2.73 bits per heavy atom. The molecule has 1 N–H and O–H groups in total. The van der Waals surface area contributed by atoms with Crippen LogP contribution in [0.2, 0.25) is 0 Å². The van der Waals surface area contributed by atoms with Gasteiger partial charge in [-0.25, -0.2) is 0 Å². The van der Waals surface area contributed by atoms with Gasteiger partial charge in [-0.3, -0.25) is 9.48 Å². The highest BCUT2D eigenvalue weighted by Crippen LogP contribution is 2.11. The number of carbonyl (C=O) groups excluding carboxylic acids is 1. The van der Waals surface area contributed by atoms with Crippen molar-refractivity contribution in [2.75, 3.05) is 12.4 Å². The van der Waals surface area contributed by atoms with Gasteiger partial charge in [0, 0.05) is 25.4 Å². The molecule has 0 aliphatic rings. The van der Waals surface area contributed by atoms with E-state index in [0.717, 1.165) is 5.82 Å². The molecule has 15 heavy (non-hydrogen) atoms. The van der Waals surface area contributed by atoms with Crippen molar-refractivity contribution in [2.45, 2.75) is 19.9 Å². The van der Waals surface area contributed by atoms with Gasteiger partial charge in [0.05, 0.1) is 13.0 Å². The van der Waals surface area contributed by atoms with Crippen LogP contribution < -0.4 is 5.32 Å². The van der Waals surface area contributed by atoms with Gasteiger partial charge in [-0.05, 0) is 13.8 Å². The van der Waals surface area contributed by atoms with Crippen LogP contribution in [-0.2, 0) is 16.6 Å². The minimum absolute atomic E-state index is 0.00708. The molecule has 84 valence electrons. The monoisotopic (exact) mass is 211 g/mol. The summed E-state index contributed by atoms with van der Waals surface area (Å²) >= 11 is 0. The molecule has 1 heterocycles. The van der Waals surface area contributed by atoms with Crippen LogP contribution in [0.1, 0.15) is 13.8 Å². The predicted molar refractivity (Wildman–Crippen MR) is 57.5 cm³/mol.